The molecule has 0 aliphatic carbocycles. The normalized spacial score (nSPS) is 13.0. The number of rotatable bonds is 53. The second kappa shape index (κ2) is 60.4. The van der Waals surface area contributed by atoms with Gasteiger partial charge in [-0.05, 0) is 109 Å². The second-order valence-electron chi connectivity index (χ2n) is 19.5. The molecule has 414 valence electrons. The van der Waals surface area contributed by atoms with Crippen LogP contribution < -0.4 is 0 Å². The van der Waals surface area contributed by atoms with E-state index < -0.39 is 6.10 Å². The molecular formula is C67H110O6. The van der Waals surface area contributed by atoms with Crippen molar-refractivity contribution >= 4 is 17.9 Å². The van der Waals surface area contributed by atoms with Gasteiger partial charge in [-0.2, -0.15) is 0 Å². The zero-order chi connectivity index (χ0) is 52.9. The van der Waals surface area contributed by atoms with Crippen LogP contribution in [0.25, 0.3) is 0 Å². The fourth-order valence-corrected chi connectivity index (χ4v) is 7.97. The number of carbonyl (C=O) groups excluding carboxylic acids is 3. The number of hydrogen-bond donors (Lipinski definition) is 0. The first-order valence-electron chi connectivity index (χ1n) is 30.0. The van der Waals surface area contributed by atoms with Crippen molar-refractivity contribution in [1.82, 2.24) is 0 Å². The summed E-state index contributed by atoms with van der Waals surface area (Å²) in [6.45, 7) is 6.43. The van der Waals surface area contributed by atoms with E-state index in [0.29, 0.717) is 19.3 Å². The average molecular weight is 1010 g/mol. The topological polar surface area (TPSA) is 78.9 Å². The first-order chi connectivity index (χ1) is 36.0. The summed E-state index contributed by atoms with van der Waals surface area (Å²) in [6, 6.07) is 0. The van der Waals surface area contributed by atoms with Gasteiger partial charge in [-0.3, -0.25) is 14.4 Å². The number of hydrogen-bond acceptors (Lipinski definition) is 6. The lowest BCUT2D eigenvalue weighted by Crippen LogP contribution is -2.30. The van der Waals surface area contributed by atoms with Crippen molar-refractivity contribution in [2.45, 2.75) is 271 Å². The summed E-state index contributed by atoms with van der Waals surface area (Å²) < 4.78 is 16.8. The van der Waals surface area contributed by atoms with Crippen molar-refractivity contribution in [2.75, 3.05) is 13.2 Å². The van der Waals surface area contributed by atoms with Gasteiger partial charge in [0.1, 0.15) is 13.2 Å². The lowest BCUT2D eigenvalue weighted by atomic mass is 10.1. The highest BCUT2D eigenvalue weighted by Crippen LogP contribution is 2.15. The predicted molar refractivity (Wildman–Crippen MR) is 316 cm³/mol. The van der Waals surface area contributed by atoms with E-state index in [1.165, 1.54) is 70.6 Å². The Morgan fingerprint density at radius 2 is 0.562 bits per heavy atom. The Bertz CT molecular complexity index is 1540. The maximum atomic E-state index is 12.8. The van der Waals surface area contributed by atoms with Crippen molar-refractivity contribution in [3.05, 3.63) is 122 Å². The lowest BCUT2D eigenvalue weighted by molar-refractivity contribution is -0.167. The van der Waals surface area contributed by atoms with E-state index in [1.807, 2.05) is 0 Å². The van der Waals surface area contributed by atoms with E-state index in [1.54, 1.807) is 0 Å². The maximum absolute atomic E-state index is 12.8. The molecule has 0 heterocycles. The standard InChI is InChI=1S/C67H110O6/c1-4-7-10-13-16-19-22-24-25-26-27-28-29-30-31-32-33-34-35-36-37-38-39-40-41-43-45-48-51-54-57-60-66(69)72-63-64(62-71-65(68)59-56-53-50-47-44-21-18-15-12-9-6-3)73-67(70)61-58-55-52-49-46-42-23-20-17-14-11-8-5-2/h7,10-11,14,16,19-20,23-25,27-28,30-31,33-34,36-37,39-40,64H,4-6,8-9,12-13,15,17-18,21-22,26,29,32,35,38,41-63H2,1-3H3/b10-7-,14-11-,19-16-,23-20-,25-24-,28-27-,31-30-,34-33-,37-36-,40-39-. The molecule has 0 bridgehead atoms. The van der Waals surface area contributed by atoms with E-state index >= 15 is 0 Å². The number of ether oxygens (including phenoxy) is 3. The minimum atomic E-state index is -0.792. The van der Waals surface area contributed by atoms with Crippen LogP contribution in [0.5, 0.6) is 0 Å². The molecule has 1 atom stereocenters. The molecule has 0 aromatic carbocycles. The third-order valence-electron chi connectivity index (χ3n) is 12.4. The number of unbranched alkanes of at least 4 members (excludes halogenated alkanes) is 22. The van der Waals surface area contributed by atoms with Gasteiger partial charge in [0.15, 0.2) is 6.10 Å². The first-order valence-corrected chi connectivity index (χ1v) is 30.0. The van der Waals surface area contributed by atoms with Crippen LogP contribution in [0.4, 0.5) is 0 Å². The SMILES string of the molecule is CC/C=C\C/C=C\C/C=C\C/C=C\C/C=C\C/C=C\C/C=C\C/C=C\CCCCCCCCC(=O)OCC(COC(=O)CCCCCCCCCCCCC)OC(=O)CCCCCCC/C=C\C/C=C\CCC. The third kappa shape index (κ3) is 58.6. The van der Waals surface area contributed by atoms with Gasteiger partial charge >= 0.3 is 17.9 Å². The van der Waals surface area contributed by atoms with Crippen LogP contribution in [0.2, 0.25) is 0 Å². The van der Waals surface area contributed by atoms with Gasteiger partial charge in [0.05, 0.1) is 0 Å². The smallest absolute Gasteiger partial charge is 0.306 e. The summed E-state index contributed by atoms with van der Waals surface area (Å²) >= 11 is 0. The molecule has 6 nitrogen and oxygen atoms in total. The summed E-state index contributed by atoms with van der Waals surface area (Å²) in [5, 5.41) is 0. The lowest BCUT2D eigenvalue weighted by Gasteiger charge is -2.18. The second-order valence-corrected chi connectivity index (χ2v) is 19.5. The molecule has 6 heteroatoms. The Kier molecular flexibility index (Phi) is 56.9. The molecule has 0 spiro atoms. The molecule has 73 heavy (non-hydrogen) atoms. The summed E-state index contributed by atoms with van der Waals surface area (Å²) in [7, 11) is 0. The zero-order valence-corrected chi connectivity index (χ0v) is 47.4. The Balaban J connectivity index is 4.27. The van der Waals surface area contributed by atoms with Crippen LogP contribution in [0.3, 0.4) is 0 Å². The predicted octanol–water partition coefficient (Wildman–Crippen LogP) is 20.4. The summed E-state index contributed by atoms with van der Waals surface area (Å²) in [5.41, 5.74) is 0. The molecule has 0 fully saturated rings. The molecule has 0 aliphatic heterocycles. The van der Waals surface area contributed by atoms with E-state index in [2.05, 4.69) is 142 Å². The van der Waals surface area contributed by atoms with E-state index in [-0.39, 0.29) is 31.1 Å². The molecular weight excluding hydrogens is 901 g/mol. The van der Waals surface area contributed by atoms with Crippen LogP contribution >= 0.6 is 0 Å². The Labute approximate surface area is 450 Å². The third-order valence-corrected chi connectivity index (χ3v) is 12.4. The highest BCUT2D eigenvalue weighted by atomic mass is 16.6. The molecule has 0 amide bonds. The Morgan fingerprint density at radius 3 is 0.890 bits per heavy atom. The van der Waals surface area contributed by atoms with Crippen molar-refractivity contribution in [2.24, 2.45) is 0 Å². The molecule has 0 N–H and O–H groups in total. The van der Waals surface area contributed by atoms with Crippen molar-refractivity contribution in [1.29, 1.82) is 0 Å². The number of allylic oxidation sites excluding steroid dienone is 20. The van der Waals surface area contributed by atoms with Gasteiger partial charge in [-0.25, -0.2) is 0 Å². The highest BCUT2D eigenvalue weighted by molar-refractivity contribution is 5.71. The minimum absolute atomic E-state index is 0.0885. The van der Waals surface area contributed by atoms with Gasteiger partial charge in [-0.15, -0.1) is 0 Å². The van der Waals surface area contributed by atoms with Gasteiger partial charge in [-0.1, -0.05) is 258 Å². The van der Waals surface area contributed by atoms with E-state index in [0.717, 1.165) is 154 Å². The summed E-state index contributed by atoms with van der Waals surface area (Å²) in [4.78, 5) is 38.1. The summed E-state index contributed by atoms with van der Waals surface area (Å²) in [6.07, 6.45) is 83.4. The van der Waals surface area contributed by atoms with Crippen LogP contribution in [-0.4, -0.2) is 37.2 Å². The fraction of sp³-hybridized carbons (Fsp3) is 0.657. The zero-order valence-electron chi connectivity index (χ0n) is 47.4. The molecule has 0 aliphatic rings. The molecule has 1 unspecified atom stereocenters. The van der Waals surface area contributed by atoms with Crippen LogP contribution in [-0.2, 0) is 28.6 Å². The quantitative estimate of drug-likeness (QED) is 0.0261. The molecule has 0 aromatic rings. The van der Waals surface area contributed by atoms with E-state index in [9.17, 15) is 14.4 Å². The van der Waals surface area contributed by atoms with E-state index in [4.69, 9.17) is 14.2 Å². The summed E-state index contributed by atoms with van der Waals surface area (Å²) in [5.74, 6) is -0.920. The maximum Gasteiger partial charge on any atom is 0.306 e. The van der Waals surface area contributed by atoms with Crippen LogP contribution in [0.1, 0.15) is 265 Å². The van der Waals surface area contributed by atoms with Gasteiger partial charge < -0.3 is 14.2 Å². The molecule has 0 aromatic heterocycles. The van der Waals surface area contributed by atoms with Gasteiger partial charge in [0.2, 0.25) is 0 Å². The molecule has 0 rings (SSSR count). The van der Waals surface area contributed by atoms with Crippen molar-refractivity contribution in [3.63, 3.8) is 0 Å². The molecule has 0 radical (unpaired) electrons. The Morgan fingerprint density at radius 1 is 0.288 bits per heavy atom. The van der Waals surface area contributed by atoms with Crippen molar-refractivity contribution < 1.29 is 28.6 Å². The van der Waals surface area contributed by atoms with Gasteiger partial charge in [0.25, 0.3) is 0 Å². The average Bonchev–Trinajstić information content (AvgIpc) is 3.39. The van der Waals surface area contributed by atoms with Gasteiger partial charge in [0, 0.05) is 19.3 Å². The molecule has 0 saturated heterocycles. The largest absolute Gasteiger partial charge is 0.462 e. The monoisotopic (exact) mass is 1010 g/mol. The first kappa shape index (κ1) is 68.8. The fourth-order valence-electron chi connectivity index (χ4n) is 7.97. The highest BCUT2D eigenvalue weighted by Gasteiger charge is 2.19. The minimum Gasteiger partial charge on any atom is -0.462 e. The Hall–Kier alpha value is -4.19. The number of carbonyl (C=O) groups is 3. The van der Waals surface area contributed by atoms with Crippen molar-refractivity contribution in [3.8, 4) is 0 Å². The van der Waals surface area contributed by atoms with Crippen LogP contribution in [0.15, 0.2) is 122 Å². The number of esters is 3. The molecule has 0 saturated carbocycles. The van der Waals surface area contributed by atoms with Crippen LogP contribution in [0, 0.1) is 0 Å².